The Labute approximate surface area is 440 Å². The van der Waals surface area contributed by atoms with Gasteiger partial charge in [0.25, 0.3) is 0 Å². The van der Waals surface area contributed by atoms with E-state index in [4.69, 9.17) is 0 Å². The molecule has 0 aliphatic heterocycles. The number of fused-ring (bicyclic) bond motifs is 6. The Kier molecular flexibility index (Phi) is 13.8. The molecule has 12 rings (SSSR count). The first-order valence-corrected chi connectivity index (χ1v) is 25.5. The van der Waals surface area contributed by atoms with Crippen molar-refractivity contribution in [1.82, 2.24) is 0 Å². The monoisotopic (exact) mass is 1010 g/mol. The van der Waals surface area contributed by atoms with Gasteiger partial charge in [0.15, 0.2) is 0 Å². The Morgan fingerprint density at radius 2 is 0.611 bits per heavy atom. The number of para-hydroxylation sites is 1. The van der Waals surface area contributed by atoms with Crippen LogP contribution >= 0.6 is 28.7 Å². The maximum atomic E-state index is 4.34. The summed E-state index contributed by atoms with van der Waals surface area (Å²) in [5.41, 5.74) is 22.7. The topological polar surface area (TPSA) is 18.8 Å². The predicted octanol–water partition coefficient (Wildman–Crippen LogP) is 19.2. The summed E-state index contributed by atoms with van der Waals surface area (Å²) < 4.78 is 3.77. The molecule has 0 saturated carbocycles. The van der Waals surface area contributed by atoms with E-state index in [-0.39, 0.29) is 10.8 Å². The van der Waals surface area contributed by atoms with Crippen LogP contribution in [0, 0.1) is 0 Å². The molecule has 10 aromatic rings. The third-order valence-corrected chi connectivity index (χ3v) is 14.7. The van der Waals surface area contributed by atoms with Crippen molar-refractivity contribution in [2.75, 3.05) is 9.80 Å². The van der Waals surface area contributed by atoms with Gasteiger partial charge in [-0.05, 0) is 152 Å². The molecule has 0 heterocycles. The molecule has 0 atom stereocenters. The molecule has 0 unspecified atom stereocenters. The van der Waals surface area contributed by atoms with Crippen molar-refractivity contribution in [3.63, 3.8) is 0 Å². The van der Waals surface area contributed by atoms with Crippen molar-refractivity contribution >= 4 is 70.5 Å². The molecule has 6 heteroatoms. The number of rotatable bonds is 8. The normalized spacial score (nSPS) is 12.8. The number of hydrogen-bond acceptors (Lipinski definition) is 4. The molecule has 0 saturated heterocycles. The van der Waals surface area contributed by atoms with Crippen LogP contribution in [0.4, 0.5) is 34.1 Å². The van der Waals surface area contributed by atoms with E-state index in [1.807, 2.05) is 0 Å². The Morgan fingerprint density at radius 3 is 1.00 bits per heavy atom. The molecule has 0 aromatic heterocycles. The van der Waals surface area contributed by atoms with E-state index in [0.717, 1.165) is 27.2 Å². The maximum absolute atomic E-state index is 4.34. The summed E-state index contributed by atoms with van der Waals surface area (Å²) in [7, 11) is 4.34. The zero-order chi connectivity index (χ0) is 49.8. The zero-order valence-electron chi connectivity index (χ0n) is 40.9. The van der Waals surface area contributed by atoms with E-state index in [1.54, 1.807) is 0 Å². The molecule has 2 aliphatic carbocycles. The van der Waals surface area contributed by atoms with Gasteiger partial charge in [0, 0.05) is 49.4 Å². The average molecular weight is 1010 g/mol. The fraction of sp³-hybridized carbons (Fsp3) is 0.0909. The summed E-state index contributed by atoms with van der Waals surface area (Å²) in [6, 6.07) is 89.5. The molecule has 0 fully saturated rings. The number of anilines is 6. The molecule has 0 amide bonds. The van der Waals surface area contributed by atoms with E-state index < -0.39 is 0 Å². The standard InChI is InChI=1S/C33H26BrN.C33H27N.BHNS/c1-33(2)31-11-7-6-10-29(31)30-21-20-28(22-32(30)33)35(27-18-14-25(34)15-19-27)26-16-12-24(13-17-26)23-8-4-3-5-9-23;1-33(2)31-16-10-9-15-29(31)30-22-21-28(23-32(30)33)34(26-13-7-4-8-14-26)27-19-17-25(18-20-27)24-11-5-3-6-12-24;1-2-3/h3-22H,1-2H3;3-23H,1-2H3;3H. The van der Waals surface area contributed by atoms with Gasteiger partial charge in [-0.1, -0.05) is 207 Å². The van der Waals surface area contributed by atoms with E-state index in [9.17, 15) is 0 Å². The number of halogens is 1. The van der Waals surface area contributed by atoms with Crippen molar-refractivity contribution in [2.24, 2.45) is 4.30 Å². The van der Waals surface area contributed by atoms with Crippen LogP contribution in [0.25, 0.3) is 44.5 Å². The van der Waals surface area contributed by atoms with E-state index in [2.05, 4.69) is 327 Å². The molecule has 349 valence electrons. The van der Waals surface area contributed by atoms with Crippen LogP contribution < -0.4 is 9.80 Å². The van der Waals surface area contributed by atoms with Crippen molar-refractivity contribution in [1.29, 1.82) is 0 Å². The summed E-state index contributed by atoms with van der Waals surface area (Å²) in [5.74, 6) is 0. The summed E-state index contributed by atoms with van der Waals surface area (Å²) in [4.78, 5) is 4.70. The molecule has 10 aromatic carbocycles. The third-order valence-electron chi connectivity index (χ3n) is 14.2. The second kappa shape index (κ2) is 20.7. The SMILES string of the molecule is CC1(C)c2ccccc2-c2ccc(N(c3ccc(Br)cc3)c3ccc(-c4ccccc4)cc3)cc21.CC1(C)c2ccccc2-c2ccc(N(c3ccccc3)c3ccc(-c4ccccc4)cc3)cc21.[B]=NS. The minimum atomic E-state index is -0.0372. The fourth-order valence-corrected chi connectivity index (χ4v) is 10.9. The Balaban J connectivity index is 0.000000157. The van der Waals surface area contributed by atoms with Crippen molar-refractivity contribution < 1.29 is 0 Å². The fourth-order valence-electron chi connectivity index (χ4n) is 10.6. The van der Waals surface area contributed by atoms with Crippen LogP contribution in [0.2, 0.25) is 0 Å². The second-order valence-corrected chi connectivity index (χ2v) is 20.4. The number of thiol groups is 1. The number of benzene rings is 10. The Morgan fingerprint density at radius 1 is 0.333 bits per heavy atom. The quantitative estimate of drug-likeness (QED) is 0.121. The summed E-state index contributed by atoms with van der Waals surface area (Å²) >= 11 is 6.79. The predicted molar refractivity (Wildman–Crippen MR) is 313 cm³/mol. The molecular formula is C66H54BBrN3S. The van der Waals surface area contributed by atoms with Crippen LogP contribution in [-0.2, 0) is 10.8 Å². The first-order chi connectivity index (χ1) is 35.1. The third kappa shape index (κ3) is 9.41. The molecule has 0 bridgehead atoms. The van der Waals surface area contributed by atoms with E-state index >= 15 is 0 Å². The molecular weight excluding hydrogens is 958 g/mol. The van der Waals surface area contributed by atoms with Gasteiger partial charge >= 0.3 is 24.8 Å². The van der Waals surface area contributed by atoms with Gasteiger partial charge in [0.05, 0.1) is 0 Å². The molecule has 2 aliphatic rings. The van der Waals surface area contributed by atoms with Crippen molar-refractivity contribution in [3.05, 3.63) is 275 Å². The molecule has 1 radical (unpaired) electrons. The van der Waals surface area contributed by atoms with Crippen LogP contribution in [-0.4, -0.2) is 7.64 Å². The van der Waals surface area contributed by atoms with Crippen LogP contribution in [0.3, 0.4) is 0 Å². The molecule has 0 spiro atoms. The van der Waals surface area contributed by atoms with Crippen LogP contribution in [0.5, 0.6) is 0 Å². The van der Waals surface area contributed by atoms with Crippen molar-refractivity contribution in [3.8, 4) is 44.5 Å². The minimum absolute atomic E-state index is 0.0263. The summed E-state index contributed by atoms with van der Waals surface area (Å²) in [5, 5.41) is 0. The number of hydrogen-bond donors (Lipinski definition) is 1. The van der Waals surface area contributed by atoms with E-state index in [0.29, 0.717) is 0 Å². The second-order valence-electron chi connectivity index (χ2n) is 19.2. The van der Waals surface area contributed by atoms with E-state index in [1.165, 1.54) is 78.1 Å². The Hall–Kier alpha value is -7.51. The van der Waals surface area contributed by atoms with Crippen LogP contribution in [0.1, 0.15) is 49.9 Å². The van der Waals surface area contributed by atoms with Crippen molar-refractivity contribution in [2.45, 2.75) is 38.5 Å². The zero-order valence-corrected chi connectivity index (χ0v) is 43.4. The van der Waals surface area contributed by atoms with Crippen LogP contribution in [0.15, 0.2) is 257 Å². The van der Waals surface area contributed by atoms with Gasteiger partial charge in [0.2, 0.25) is 0 Å². The average Bonchev–Trinajstić information content (AvgIpc) is 3.80. The van der Waals surface area contributed by atoms with Gasteiger partial charge in [-0.3, -0.25) is 0 Å². The van der Waals surface area contributed by atoms with Gasteiger partial charge < -0.3 is 9.80 Å². The van der Waals surface area contributed by atoms with Gasteiger partial charge in [-0.25, -0.2) is 0 Å². The summed E-state index contributed by atoms with van der Waals surface area (Å²) in [6.07, 6.45) is 0. The van der Waals surface area contributed by atoms with Gasteiger partial charge in [-0.2, -0.15) is 0 Å². The first-order valence-electron chi connectivity index (χ1n) is 24.3. The first kappa shape index (κ1) is 48.1. The van der Waals surface area contributed by atoms with Gasteiger partial charge in [-0.15, -0.1) is 0 Å². The Bertz CT molecular complexity index is 3490. The molecule has 0 N–H and O–H groups in total. The molecule has 72 heavy (non-hydrogen) atoms. The van der Waals surface area contributed by atoms with Gasteiger partial charge in [0.1, 0.15) is 0 Å². The summed E-state index contributed by atoms with van der Waals surface area (Å²) in [6.45, 7) is 9.34. The number of nitrogens with zero attached hydrogens (tertiary/aromatic N) is 3. The molecule has 3 nitrogen and oxygen atoms in total.